The van der Waals surface area contributed by atoms with Gasteiger partial charge in [0.25, 0.3) is 0 Å². The number of nitrogens with two attached hydrogens (primary N) is 1. The molecule has 236 valence electrons. The quantitative estimate of drug-likeness (QED) is 0.140. The third kappa shape index (κ3) is 7.75. The molecule has 0 bridgehead atoms. The summed E-state index contributed by atoms with van der Waals surface area (Å²) < 4.78 is 38.9. The minimum Gasteiger partial charge on any atom is -0.481 e. The lowest BCUT2D eigenvalue weighted by Gasteiger charge is -2.42. The van der Waals surface area contributed by atoms with Gasteiger partial charge in [-0.3, -0.25) is 19.5 Å². The molecule has 9 N–H and O–H groups in total. The number of anilines is 1. The standard InChI is InChI=1S/C24H35F2N5O11/c25-23(37,38)22(24(26,39)40)9-11-41-19(22)31-10-8-15(28-20(31)35)29-21(36)42-17(6-7-18(33)34)30-16(32)12-14(27)13-4-2-1-3-5-13/h8,10,13-14,17,19,37-40H,1-7,9,11-12,27H2,(H,30,32)(H,33,34)(H,28,29,35,36). The molecule has 18 heteroatoms. The van der Waals surface area contributed by atoms with E-state index in [1.165, 1.54) is 0 Å². The molecule has 2 fully saturated rings. The van der Waals surface area contributed by atoms with Crippen LogP contribution in [0, 0.1) is 11.3 Å². The lowest BCUT2D eigenvalue weighted by atomic mass is 9.80. The van der Waals surface area contributed by atoms with Gasteiger partial charge in [0, 0.05) is 25.1 Å². The molecular weight excluding hydrogens is 572 g/mol. The predicted octanol–water partition coefficient (Wildman–Crippen LogP) is -0.482. The number of aliphatic carboxylic acids is 1. The lowest BCUT2D eigenvalue weighted by Crippen LogP contribution is -2.61. The molecule has 1 aromatic rings. The molecule has 2 aliphatic rings. The molecule has 42 heavy (non-hydrogen) atoms. The first-order valence-electron chi connectivity index (χ1n) is 13.3. The summed E-state index contributed by atoms with van der Waals surface area (Å²) in [6, 6.07) is -8.66. The lowest BCUT2D eigenvalue weighted by molar-refractivity contribution is -0.452. The Morgan fingerprint density at radius 1 is 1.19 bits per heavy atom. The minimum atomic E-state index is -4.57. The van der Waals surface area contributed by atoms with Gasteiger partial charge in [-0.2, -0.15) is 13.8 Å². The fourth-order valence-electron chi connectivity index (χ4n) is 5.27. The molecule has 3 atom stereocenters. The number of carbonyl (C=O) groups excluding carboxylic acids is 2. The minimum absolute atomic E-state index is 0.0760. The number of alkyl halides is 2. The van der Waals surface area contributed by atoms with E-state index in [4.69, 9.17) is 20.3 Å². The number of nitrogens with one attached hydrogen (secondary N) is 2. The highest BCUT2D eigenvalue weighted by atomic mass is 19.2. The fraction of sp³-hybridized carbons (Fsp3) is 0.708. The van der Waals surface area contributed by atoms with E-state index < -0.39 is 84.9 Å². The molecule has 3 unspecified atom stereocenters. The maximum absolute atomic E-state index is 14.2. The Hall–Kier alpha value is -3.29. The van der Waals surface area contributed by atoms with Crippen molar-refractivity contribution in [2.75, 3.05) is 11.9 Å². The Bertz CT molecular complexity index is 1170. The van der Waals surface area contributed by atoms with Crippen LogP contribution in [0.1, 0.15) is 64.0 Å². The highest BCUT2D eigenvalue weighted by molar-refractivity contribution is 5.84. The first-order chi connectivity index (χ1) is 19.5. The number of rotatable bonds is 12. The Kier molecular flexibility index (Phi) is 10.6. The summed E-state index contributed by atoms with van der Waals surface area (Å²) in [5.74, 6) is -2.11. The Morgan fingerprint density at radius 3 is 2.40 bits per heavy atom. The number of amides is 2. The molecule has 2 heterocycles. The first-order valence-corrected chi connectivity index (χ1v) is 13.3. The molecule has 2 amide bonds. The zero-order chi connectivity index (χ0) is 31.3. The van der Waals surface area contributed by atoms with E-state index >= 15 is 0 Å². The fourth-order valence-corrected chi connectivity index (χ4v) is 5.27. The molecule has 0 spiro atoms. The van der Waals surface area contributed by atoms with Gasteiger partial charge in [0.2, 0.25) is 5.91 Å². The second-order valence-electron chi connectivity index (χ2n) is 10.4. The van der Waals surface area contributed by atoms with E-state index in [0.29, 0.717) is 4.57 Å². The number of nitrogens with zero attached hydrogens (tertiary/aromatic N) is 2. The Balaban J connectivity index is 1.68. The Labute approximate surface area is 237 Å². The number of carboxylic acids is 1. The number of carbonyl (C=O) groups is 3. The Morgan fingerprint density at radius 2 is 1.83 bits per heavy atom. The van der Waals surface area contributed by atoms with Crippen LogP contribution < -0.4 is 22.1 Å². The van der Waals surface area contributed by atoms with Crippen LogP contribution in [0.2, 0.25) is 0 Å². The number of carboxylic acid groups (broad SMARTS) is 1. The smallest absolute Gasteiger partial charge is 0.414 e. The molecule has 1 saturated carbocycles. The van der Waals surface area contributed by atoms with Gasteiger partial charge >= 0.3 is 29.8 Å². The van der Waals surface area contributed by atoms with E-state index in [-0.39, 0.29) is 18.8 Å². The van der Waals surface area contributed by atoms with Crippen molar-refractivity contribution in [2.24, 2.45) is 17.1 Å². The summed E-state index contributed by atoms with van der Waals surface area (Å²) in [6.07, 6.45) is -1.11. The molecule has 1 aliphatic carbocycles. The summed E-state index contributed by atoms with van der Waals surface area (Å²) in [4.78, 5) is 52.1. The van der Waals surface area contributed by atoms with Gasteiger partial charge in [0.1, 0.15) is 5.82 Å². The number of halogens is 2. The summed E-state index contributed by atoms with van der Waals surface area (Å²) in [6.45, 7) is -0.613. The van der Waals surface area contributed by atoms with Gasteiger partial charge in [-0.25, -0.2) is 9.59 Å². The molecule has 1 saturated heterocycles. The second-order valence-corrected chi connectivity index (χ2v) is 10.4. The largest absolute Gasteiger partial charge is 0.481 e. The van der Waals surface area contributed by atoms with Crippen molar-refractivity contribution in [3.05, 3.63) is 22.7 Å². The van der Waals surface area contributed by atoms with Crippen LogP contribution in [0.3, 0.4) is 0 Å². The molecular formula is C24H35F2N5O11. The number of aromatic nitrogens is 2. The van der Waals surface area contributed by atoms with Crippen LogP contribution in [-0.2, 0) is 19.1 Å². The van der Waals surface area contributed by atoms with Crippen LogP contribution in [0.25, 0.3) is 0 Å². The van der Waals surface area contributed by atoms with Crippen molar-refractivity contribution >= 4 is 23.8 Å². The molecule has 0 radical (unpaired) electrons. The first kappa shape index (κ1) is 33.2. The van der Waals surface area contributed by atoms with Crippen molar-refractivity contribution in [2.45, 2.75) is 88.4 Å². The molecule has 3 rings (SSSR count). The van der Waals surface area contributed by atoms with Crippen LogP contribution in [0.5, 0.6) is 0 Å². The van der Waals surface area contributed by atoms with Crippen molar-refractivity contribution < 1.29 is 58.2 Å². The third-order valence-corrected chi connectivity index (χ3v) is 7.51. The highest BCUT2D eigenvalue weighted by Gasteiger charge is 2.72. The normalized spacial score (nSPS) is 20.9. The average molecular weight is 608 g/mol. The maximum atomic E-state index is 14.2. The number of hydrogen-bond donors (Lipinski definition) is 8. The zero-order valence-corrected chi connectivity index (χ0v) is 22.4. The van der Waals surface area contributed by atoms with Crippen molar-refractivity contribution in [3.8, 4) is 0 Å². The van der Waals surface area contributed by atoms with Crippen LogP contribution in [0.4, 0.5) is 19.4 Å². The van der Waals surface area contributed by atoms with Gasteiger partial charge in [0.15, 0.2) is 17.9 Å². The van der Waals surface area contributed by atoms with E-state index in [1.807, 2.05) is 0 Å². The van der Waals surface area contributed by atoms with Crippen LogP contribution >= 0.6 is 0 Å². The maximum Gasteiger partial charge on any atom is 0.414 e. The van der Waals surface area contributed by atoms with Crippen molar-refractivity contribution in [1.82, 2.24) is 14.9 Å². The average Bonchev–Trinajstić information content (AvgIpc) is 3.34. The van der Waals surface area contributed by atoms with Gasteiger partial charge in [-0.05, 0) is 31.2 Å². The number of ether oxygens (including phenoxy) is 2. The van der Waals surface area contributed by atoms with Crippen LogP contribution in [0.15, 0.2) is 17.1 Å². The summed E-state index contributed by atoms with van der Waals surface area (Å²) in [5, 5.41) is 51.5. The van der Waals surface area contributed by atoms with Gasteiger partial charge < -0.3 is 46.1 Å². The van der Waals surface area contributed by atoms with Crippen molar-refractivity contribution in [3.63, 3.8) is 0 Å². The number of aliphatic hydroxyl groups is 4. The summed E-state index contributed by atoms with van der Waals surface area (Å²) in [5.41, 5.74) is 1.32. The van der Waals surface area contributed by atoms with Crippen molar-refractivity contribution in [1.29, 1.82) is 0 Å². The second kappa shape index (κ2) is 13.3. The zero-order valence-electron chi connectivity index (χ0n) is 22.4. The monoisotopic (exact) mass is 607 g/mol. The van der Waals surface area contributed by atoms with Gasteiger partial charge in [-0.1, -0.05) is 19.3 Å². The predicted molar refractivity (Wildman–Crippen MR) is 135 cm³/mol. The van der Waals surface area contributed by atoms with Gasteiger partial charge in [0.05, 0.1) is 13.0 Å². The summed E-state index contributed by atoms with van der Waals surface area (Å²) in [7, 11) is 0. The van der Waals surface area contributed by atoms with E-state index in [1.54, 1.807) is 0 Å². The SMILES string of the molecule is NC(CC(=O)NC(CCC(=O)O)OC(=O)Nc1ccn(C2OCCC2(C(O)(O)F)C(O)(O)F)c(=O)n1)C1CCCCC1. The molecule has 1 aliphatic heterocycles. The number of hydrogen-bond acceptors (Lipinski definition) is 12. The molecule has 16 nitrogen and oxygen atoms in total. The van der Waals surface area contributed by atoms with E-state index in [0.717, 1.165) is 44.4 Å². The van der Waals surface area contributed by atoms with E-state index in [2.05, 4.69) is 15.6 Å². The van der Waals surface area contributed by atoms with E-state index in [9.17, 15) is 48.4 Å². The third-order valence-electron chi connectivity index (χ3n) is 7.51. The molecule has 1 aromatic heterocycles. The summed E-state index contributed by atoms with van der Waals surface area (Å²) >= 11 is 0. The van der Waals surface area contributed by atoms with Crippen LogP contribution in [-0.4, -0.2) is 84.0 Å². The highest BCUT2D eigenvalue weighted by Crippen LogP contribution is 2.55. The van der Waals surface area contributed by atoms with Gasteiger partial charge in [-0.15, -0.1) is 0 Å². The topological polar surface area (TPSA) is 256 Å². The molecule has 0 aromatic carbocycles.